The van der Waals surface area contributed by atoms with Crippen molar-refractivity contribution in [3.05, 3.63) is 33.1 Å². The summed E-state index contributed by atoms with van der Waals surface area (Å²) in [5.41, 5.74) is -1.15. The first-order chi connectivity index (χ1) is 8.04. The Morgan fingerprint density at radius 1 is 1.35 bits per heavy atom. The number of aliphatic hydroxyl groups is 3. The number of hydrogen-bond donors (Lipinski definition) is 4. The van der Waals surface area contributed by atoms with Crippen molar-refractivity contribution < 1.29 is 15.3 Å². The molecule has 0 aromatic carbocycles. The highest BCUT2D eigenvalue weighted by molar-refractivity contribution is 4.97. The zero-order valence-corrected chi connectivity index (χ0v) is 8.98. The van der Waals surface area contributed by atoms with Crippen LogP contribution in [0.15, 0.2) is 21.9 Å². The Hall–Kier alpha value is -1.44. The molecular weight excluding hydrogens is 228 g/mol. The highest BCUT2D eigenvalue weighted by Crippen LogP contribution is 2.33. The van der Waals surface area contributed by atoms with Gasteiger partial charge in [-0.3, -0.25) is 14.3 Å². The highest BCUT2D eigenvalue weighted by Gasteiger charge is 2.42. The van der Waals surface area contributed by atoms with Gasteiger partial charge in [0.1, 0.15) is 6.10 Å². The van der Waals surface area contributed by atoms with Gasteiger partial charge in [0.15, 0.2) is 0 Å². The lowest BCUT2D eigenvalue weighted by molar-refractivity contribution is -0.00455. The van der Waals surface area contributed by atoms with Crippen molar-refractivity contribution >= 4 is 0 Å². The number of aromatic amines is 1. The van der Waals surface area contributed by atoms with Gasteiger partial charge in [0.05, 0.1) is 12.1 Å². The zero-order valence-electron chi connectivity index (χ0n) is 8.98. The normalized spacial score (nSPS) is 32.9. The number of aromatic nitrogens is 2. The third-order valence-electron chi connectivity index (χ3n) is 3.21. The summed E-state index contributed by atoms with van der Waals surface area (Å²) in [7, 11) is 0. The number of hydrogen-bond acceptors (Lipinski definition) is 5. The molecule has 7 heteroatoms. The molecule has 1 saturated carbocycles. The molecule has 7 nitrogen and oxygen atoms in total. The number of aliphatic hydroxyl groups excluding tert-OH is 3. The Balaban J connectivity index is 2.35. The molecule has 94 valence electrons. The van der Waals surface area contributed by atoms with Gasteiger partial charge in [-0.05, 0) is 6.42 Å². The molecule has 17 heavy (non-hydrogen) atoms. The van der Waals surface area contributed by atoms with E-state index in [1.807, 2.05) is 0 Å². The van der Waals surface area contributed by atoms with E-state index >= 15 is 0 Å². The van der Waals surface area contributed by atoms with Crippen LogP contribution in [0.2, 0.25) is 0 Å². The van der Waals surface area contributed by atoms with E-state index in [1.165, 1.54) is 16.8 Å². The molecule has 0 unspecified atom stereocenters. The van der Waals surface area contributed by atoms with Gasteiger partial charge in [-0.2, -0.15) is 0 Å². The first-order valence-electron chi connectivity index (χ1n) is 5.33. The molecule has 1 aromatic heterocycles. The average Bonchev–Trinajstić information content (AvgIpc) is 2.57. The third-order valence-corrected chi connectivity index (χ3v) is 3.21. The lowest BCUT2D eigenvalue weighted by atomic mass is 10.1. The molecule has 1 heterocycles. The molecule has 0 aliphatic heterocycles. The molecule has 4 N–H and O–H groups in total. The van der Waals surface area contributed by atoms with Crippen molar-refractivity contribution in [2.75, 3.05) is 6.61 Å². The fourth-order valence-electron chi connectivity index (χ4n) is 2.24. The van der Waals surface area contributed by atoms with E-state index in [4.69, 9.17) is 5.11 Å². The van der Waals surface area contributed by atoms with Crippen LogP contribution < -0.4 is 11.2 Å². The predicted octanol–water partition coefficient (Wildman–Crippen LogP) is -2.19. The lowest BCUT2D eigenvalue weighted by Crippen LogP contribution is -2.37. The Morgan fingerprint density at radius 2 is 2.06 bits per heavy atom. The van der Waals surface area contributed by atoms with Gasteiger partial charge in [-0.1, -0.05) is 0 Å². The van der Waals surface area contributed by atoms with Crippen LogP contribution in [0, 0.1) is 5.92 Å². The van der Waals surface area contributed by atoms with E-state index in [0.717, 1.165) is 0 Å². The van der Waals surface area contributed by atoms with Crippen LogP contribution in [0.5, 0.6) is 0 Å². The Bertz CT molecular complexity index is 508. The van der Waals surface area contributed by atoms with Crippen LogP contribution in [-0.4, -0.2) is 43.7 Å². The quantitative estimate of drug-likeness (QED) is 0.470. The van der Waals surface area contributed by atoms with Gasteiger partial charge in [0.2, 0.25) is 0 Å². The summed E-state index contributed by atoms with van der Waals surface area (Å²) in [6, 6.07) is 0.541. The van der Waals surface area contributed by atoms with E-state index < -0.39 is 35.4 Å². The highest BCUT2D eigenvalue weighted by atomic mass is 16.3. The van der Waals surface area contributed by atoms with E-state index in [0.29, 0.717) is 0 Å². The largest absolute Gasteiger partial charge is 0.396 e. The molecule has 0 bridgehead atoms. The van der Waals surface area contributed by atoms with Crippen LogP contribution in [0.4, 0.5) is 0 Å². The minimum Gasteiger partial charge on any atom is -0.396 e. The summed E-state index contributed by atoms with van der Waals surface area (Å²) in [6.45, 7) is -0.257. The second kappa shape index (κ2) is 4.44. The topological polar surface area (TPSA) is 116 Å². The Kier molecular flexibility index (Phi) is 3.14. The van der Waals surface area contributed by atoms with Crippen LogP contribution in [-0.2, 0) is 0 Å². The van der Waals surface area contributed by atoms with Gasteiger partial charge in [-0.25, -0.2) is 4.79 Å². The van der Waals surface area contributed by atoms with Crippen molar-refractivity contribution in [3.8, 4) is 0 Å². The average molecular weight is 242 g/mol. The molecule has 1 fully saturated rings. The molecule has 1 aliphatic carbocycles. The predicted molar refractivity (Wildman–Crippen MR) is 57.6 cm³/mol. The summed E-state index contributed by atoms with van der Waals surface area (Å²) in [6.07, 6.45) is -0.633. The second-order valence-corrected chi connectivity index (χ2v) is 4.24. The number of nitrogens with zero attached hydrogens (tertiary/aromatic N) is 1. The number of rotatable bonds is 2. The SMILES string of the molecule is O=c1ccn([C@@H]2C[C@H](CO)[C@H](O)[C@H]2O)c(=O)[nH]1. The molecule has 1 aliphatic rings. The molecule has 1 aromatic rings. The van der Waals surface area contributed by atoms with Crippen molar-refractivity contribution in [2.24, 2.45) is 5.92 Å². The van der Waals surface area contributed by atoms with Crippen LogP contribution in [0.1, 0.15) is 12.5 Å². The molecule has 0 saturated heterocycles. The van der Waals surface area contributed by atoms with E-state index in [1.54, 1.807) is 0 Å². The molecule has 0 spiro atoms. The van der Waals surface area contributed by atoms with Gasteiger partial charge in [0.25, 0.3) is 5.56 Å². The third kappa shape index (κ3) is 2.04. The van der Waals surface area contributed by atoms with Crippen molar-refractivity contribution in [1.29, 1.82) is 0 Å². The summed E-state index contributed by atoms with van der Waals surface area (Å²) in [5, 5.41) is 28.4. The van der Waals surface area contributed by atoms with Gasteiger partial charge in [0, 0.05) is 24.8 Å². The minimum atomic E-state index is -1.13. The van der Waals surface area contributed by atoms with Crippen LogP contribution in [0.3, 0.4) is 0 Å². The van der Waals surface area contributed by atoms with Gasteiger partial charge >= 0.3 is 5.69 Å². The lowest BCUT2D eigenvalue weighted by Gasteiger charge is -2.18. The number of H-pyrrole nitrogens is 1. The first kappa shape index (κ1) is 12.0. The first-order valence-corrected chi connectivity index (χ1v) is 5.33. The Morgan fingerprint density at radius 3 is 2.59 bits per heavy atom. The van der Waals surface area contributed by atoms with E-state index in [2.05, 4.69) is 4.98 Å². The molecule has 0 amide bonds. The van der Waals surface area contributed by atoms with Crippen LogP contribution >= 0.6 is 0 Å². The van der Waals surface area contributed by atoms with E-state index in [-0.39, 0.29) is 13.0 Å². The summed E-state index contributed by atoms with van der Waals surface area (Å²) in [4.78, 5) is 24.5. The fraction of sp³-hybridized carbons (Fsp3) is 0.600. The molecular formula is C10H14N2O5. The smallest absolute Gasteiger partial charge is 0.328 e. The number of nitrogens with one attached hydrogen (secondary N) is 1. The standard InChI is InChI=1S/C10H14N2O5/c13-4-5-3-6(9(16)8(5)15)12-2-1-7(14)11-10(12)17/h1-2,5-6,8-9,13,15-16H,3-4H2,(H,11,14,17)/t5-,6-,8+,9+/m1/s1. The van der Waals surface area contributed by atoms with Gasteiger partial charge in [-0.15, -0.1) is 0 Å². The summed E-state index contributed by atoms with van der Waals surface area (Å²) < 4.78 is 1.17. The maximum Gasteiger partial charge on any atom is 0.328 e. The summed E-state index contributed by atoms with van der Waals surface area (Å²) in [5.74, 6) is -0.464. The second-order valence-electron chi connectivity index (χ2n) is 4.24. The van der Waals surface area contributed by atoms with Gasteiger partial charge < -0.3 is 15.3 Å². The van der Waals surface area contributed by atoms with Crippen LogP contribution in [0.25, 0.3) is 0 Å². The zero-order chi connectivity index (χ0) is 12.6. The Labute approximate surface area is 96.0 Å². The maximum absolute atomic E-state index is 11.5. The minimum absolute atomic E-state index is 0.257. The van der Waals surface area contributed by atoms with E-state index in [9.17, 15) is 19.8 Å². The molecule has 0 radical (unpaired) electrons. The van der Waals surface area contributed by atoms with Crippen molar-refractivity contribution in [3.63, 3.8) is 0 Å². The molecule has 2 rings (SSSR count). The monoisotopic (exact) mass is 242 g/mol. The summed E-state index contributed by atoms with van der Waals surface area (Å²) >= 11 is 0. The maximum atomic E-state index is 11.5. The molecule has 4 atom stereocenters. The fourth-order valence-corrected chi connectivity index (χ4v) is 2.24. The van der Waals surface area contributed by atoms with Crippen molar-refractivity contribution in [1.82, 2.24) is 9.55 Å². The van der Waals surface area contributed by atoms with Crippen molar-refractivity contribution in [2.45, 2.75) is 24.7 Å².